The molecule has 0 aliphatic heterocycles. The number of rotatable bonds is 15. The molecule has 0 bridgehead atoms. The number of unbranched alkanes of at least 4 members (excludes halogenated alkanes) is 7. The van der Waals surface area contributed by atoms with Gasteiger partial charge >= 0.3 is 0 Å². The van der Waals surface area contributed by atoms with Crippen molar-refractivity contribution in [2.75, 3.05) is 13.2 Å². The lowest BCUT2D eigenvalue weighted by Crippen LogP contribution is -2.47. The van der Waals surface area contributed by atoms with Gasteiger partial charge in [-0.25, -0.2) is 0 Å². The first kappa shape index (κ1) is 24.4. The third-order valence-electron chi connectivity index (χ3n) is 4.23. The fourth-order valence-electron chi connectivity index (χ4n) is 2.55. The lowest BCUT2D eigenvalue weighted by molar-refractivity contribution is 0.112. The van der Waals surface area contributed by atoms with Crippen molar-refractivity contribution in [2.24, 2.45) is 5.73 Å². The van der Waals surface area contributed by atoms with E-state index in [1.807, 2.05) is 0 Å². The molecule has 0 saturated heterocycles. The molecular formula is C17H38ClNO3. The minimum Gasteiger partial charge on any atom is -0.394 e. The first-order valence-corrected chi connectivity index (χ1v) is 8.76. The molecule has 22 heavy (non-hydrogen) atoms. The third kappa shape index (κ3) is 13.8. The summed E-state index contributed by atoms with van der Waals surface area (Å²) in [5.41, 5.74) is 5.00. The van der Waals surface area contributed by atoms with E-state index >= 15 is 0 Å². The number of halogens is 1. The van der Waals surface area contributed by atoms with Crippen molar-refractivity contribution in [3.8, 4) is 0 Å². The zero-order chi connectivity index (χ0) is 16.0. The van der Waals surface area contributed by atoms with Gasteiger partial charge in [0.05, 0.1) is 24.9 Å². The molecule has 5 N–H and O–H groups in total. The first-order chi connectivity index (χ1) is 10.1. The normalized spacial score (nSPS) is 13.0. The second-order valence-electron chi connectivity index (χ2n) is 6.49. The van der Waals surface area contributed by atoms with Crippen molar-refractivity contribution in [1.82, 2.24) is 0 Å². The van der Waals surface area contributed by atoms with E-state index in [1.54, 1.807) is 0 Å². The summed E-state index contributed by atoms with van der Waals surface area (Å²) in [7, 11) is 0. The van der Waals surface area contributed by atoms with E-state index in [4.69, 9.17) is 15.9 Å². The van der Waals surface area contributed by atoms with Gasteiger partial charge in [0.1, 0.15) is 0 Å². The summed E-state index contributed by atoms with van der Waals surface area (Å²) in [6, 6.07) is 0. The maximum atomic E-state index is 9.85. The van der Waals surface area contributed by atoms with E-state index in [9.17, 15) is 5.11 Å². The van der Waals surface area contributed by atoms with Gasteiger partial charge in [-0.2, -0.15) is 0 Å². The van der Waals surface area contributed by atoms with Gasteiger partial charge in [-0.05, 0) is 19.3 Å². The summed E-state index contributed by atoms with van der Waals surface area (Å²) in [5, 5.41) is 28.0. The maximum Gasteiger partial charge on any atom is 0.0633 e. The summed E-state index contributed by atoms with van der Waals surface area (Å²) in [5.74, 6) is 0. The largest absolute Gasteiger partial charge is 0.394 e. The van der Waals surface area contributed by atoms with Crippen molar-refractivity contribution in [1.29, 1.82) is 0 Å². The van der Waals surface area contributed by atoms with Crippen LogP contribution in [-0.2, 0) is 0 Å². The Morgan fingerprint density at radius 1 is 0.818 bits per heavy atom. The van der Waals surface area contributed by atoms with E-state index in [1.165, 1.54) is 19.3 Å². The summed E-state index contributed by atoms with van der Waals surface area (Å²) < 4.78 is 0. The van der Waals surface area contributed by atoms with E-state index in [0.717, 1.165) is 51.4 Å². The van der Waals surface area contributed by atoms with Crippen LogP contribution in [0, 0.1) is 0 Å². The molecule has 1 unspecified atom stereocenters. The SMILES string of the molecule is CCCCCCC(O)CCCCCCCC(N)(CO)CO.Cl. The van der Waals surface area contributed by atoms with E-state index in [0.29, 0.717) is 6.42 Å². The van der Waals surface area contributed by atoms with Crippen molar-refractivity contribution >= 4 is 12.4 Å². The van der Waals surface area contributed by atoms with Crippen LogP contribution in [0.25, 0.3) is 0 Å². The highest BCUT2D eigenvalue weighted by atomic mass is 35.5. The highest BCUT2D eigenvalue weighted by molar-refractivity contribution is 5.85. The monoisotopic (exact) mass is 339 g/mol. The predicted octanol–water partition coefficient (Wildman–Crippen LogP) is 3.15. The molecule has 1 atom stereocenters. The average Bonchev–Trinajstić information content (AvgIpc) is 2.50. The van der Waals surface area contributed by atoms with Gasteiger partial charge in [0.25, 0.3) is 0 Å². The smallest absolute Gasteiger partial charge is 0.0633 e. The molecule has 0 aliphatic rings. The summed E-state index contributed by atoms with van der Waals surface area (Å²) in [4.78, 5) is 0. The Bertz CT molecular complexity index is 226. The topological polar surface area (TPSA) is 86.7 Å². The van der Waals surface area contributed by atoms with Gasteiger partial charge in [0, 0.05) is 0 Å². The maximum absolute atomic E-state index is 9.85. The molecule has 4 nitrogen and oxygen atoms in total. The van der Waals surface area contributed by atoms with Crippen LogP contribution < -0.4 is 5.73 Å². The number of aliphatic hydroxyl groups is 3. The number of hydrogen-bond donors (Lipinski definition) is 4. The van der Waals surface area contributed by atoms with E-state index in [-0.39, 0.29) is 31.7 Å². The van der Waals surface area contributed by atoms with Crippen molar-refractivity contribution in [3.63, 3.8) is 0 Å². The summed E-state index contributed by atoms with van der Waals surface area (Å²) in [6.07, 6.45) is 12.7. The van der Waals surface area contributed by atoms with Crippen LogP contribution in [-0.4, -0.2) is 40.2 Å². The van der Waals surface area contributed by atoms with Crippen molar-refractivity contribution < 1.29 is 15.3 Å². The molecule has 0 heterocycles. The van der Waals surface area contributed by atoms with Crippen LogP contribution in [0.3, 0.4) is 0 Å². The Morgan fingerprint density at radius 3 is 1.77 bits per heavy atom. The highest BCUT2D eigenvalue weighted by Crippen LogP contribution is 2.15. The highest BCUT2D eigenvalue weighted by Gasteiger charge is 2.21. The summed E-state index contributed by atoms with van der Waals surface area (Å²) >= 11 is 0. The fourth-order valence-corrected chi connectivity index (χ4v) is 2.55. The Balaban J connectivity index is 0. The lowest BCUT2D eigenvalue weighted by Gasteiger charge is -2.24. The van der Waals surface area contributed by atoms with Crippen LogP contribution in [0.15, 0.2) is 0 Å². The Kier molecular flexibility index (Phi) is 17.7. The molecule has 0 rings (SSSR count). The molecular weight excluding hydrogens is 302 g/mol. The van der Waals surface area contributed by atoms with Crippen molar-refractivity contribution in [2.45, 2.75) is 95.6 Å². The predicted molar refractivity (Wildman–Crippen MR) is 95.4 cm³/mol. The molecule has 0 aliphatic carbocycles. The van der Waals surface area contributed by atoms with E-state index < -0.39 is 5.54 Å². The molecule has 5 heteroatoms. The second-order valence-corrected chi connectivity index (χ2v) is 6.49. The van der Waals surface area contributed by atoms with Crippen LogP contribution in [0.5, 0.6) is 0 Å². The molecule has 0 aromatic carbocycles. The van der Waals surface area contributed by atoms with Gasteiger partial charge < -0.3 is 21.1 Å². The second kappa shape index (κ2) is 16.0. The van der Waals surface area contributed by atoms with Crippen LogP contribution >= 0.6 is 12.4 Å². The zero-order valence-electron chi connectivity index (χ0n) is 14.3. The van der Waals surface area contributed by atoms with Gasteiger partial charge in [0.15, 0.2) is 0 Å². The Labute approximate surface area is 142 Å². The molecule has 0 saturated carbocycles. The summed E-state index contributed by atoms with van der Waals surface area (Å²) in [6.45, 7) is 1.88. The molecule has 0 spiro atoms. The zero-order valence-corrected chi connectivity index (χ0v) is 15.1. The van der Waals surface area contributed by atoms with Crippen LogP contribution in [0.1, 0.15) is 84.0 Å². The van der Waals surface area contributed by atoms with Crippen molar-refractivity contribution in [3.05, 3.63) is 0 Å². The molecule has 0 amide bonds. The van der Waals surface area contributed by atoms with Crippen LogP contribution in [0.2, 0.25) is 0 Å². The Morgan fingerprint density at radius 2 is 1.27 bits per heavy atom. The molecule has 0 aromatic heterocycles. The molecule has 0 radical (unpaired) electrons. The van der Waals surface area contributed by atoms with Gasteiger partial charge in [-0.3, -0.25) is 0 Å². The Hall–Kier alpha value is 0.130. The van der Waals surface area contributed by atoms with Gasteiger partial charge in [-0.1, -0.05) is 64.7 Å². The third-order valence-corrected chi connectivity index (χ3v) is 4.23. The fraction of sp³-hybridized carbons (Fsp3) is 1.00. The number of nitrogens with two attached hydrogens (primary N) is 1. The van der Waals surface area contributed by atoms with Crippen LogP contribution in [0.4, 0.5) is 0 Å². The number of aliphatic hydroxyl groups excluding tert-OH is 3. The first-order valence-electron chi connectivity index (χ1n) is 8.76. The molecule has 0 fully saturated rings. The quantitative estimate of drug-likeness (QED) is 0.345. The average molecular weight is 340 g/mol. The number of hydrogen-bond acceptors (Lipinski definition) is 4. The minimum absolute atomic E-state index is 0. The standard InChI is InChI=1S/C17H37NO3.ClH/c1-2-3-4-8-11-16(21)12-9-6-5-7-10-13-17(18,14-19)15-20;/h16,19-21H,2-15,18H2,1H3;1H. The van der Waals surface area contributed by atoms with Gasteiger partial charge in [0.2, 0.25) is 0 Å². The minimum atomic E-state index is -0.811. The molecule has 136 valence electrons. The lowest BCUT2D eigenvalue weighted by atomic mass is 9.94. The van der Waals surface area contributed by atoms with Gasteiger partial charge in [-0.15, -0.1) is 12.4 Å². The molecule has 0 aromatic rings. The van der Waals surface area contributed by atoms with E-state index in [2.05, 4.69) is 6.92 Å².